The average molecular weight is 223 g/mol. The van der Waals surface area contributed by atoms with Gasteiger partial charge in [0.25, 0.3) is 0 Å². The van der Waals surface area contributed by atoms with Crippen LogP contribution in [0.15, 0.2) is 24.3 Å². The van der Waals surface area contributed by atoms with Crippen molar-refractivity contribution < 1.29 is 9.53 Å². The van der Waals surface area contributed by atoms with E-state index in [2.05, 4.69) is 19.2 Å². The molecule has 0 heterocycles. The Balaban J connectivity index is 0.000000385. The van der Waals surface area contributed by atoms with E-state index in [4.69, 9.17) is 4.74 Å². The molecule has 1 aromatic rings. The van der Waals surface area contributed by atoms with Crippen molar-refractivity contribution in [1.82, 2.24) is 5.32 Å². The second-order valence-electron chi connectivity index (χ2n) is 3.08. The highest BCUT2D eigenvalue weighted by molar-refractivity contribution is 5.74. The van der Waals surface area contributed by atoms with Gasteiger partial charge in [0.1, 0.15) is 12.0 Å². The summed E-state index contributed by atoms with van der Waals surface area (Å²) in [6.45, 7) is 8.97. The third kappa shape index (κ3) is 7.01. The van der Waals surface area contributed by atoms with Crippen LogP contribution in [0.4, 0.5) is 0 Å². The van der Waals surface area contributed by atoms with Gasteiger partial charge in [-0.3, -0.25) is 4.79 Å². The zero-order valence-electron chi connectivity index (χ0n) is 10.3. The van der Waals surface area contributed by atoms with Gasteiger partial charge < -0.3 is 10.1 Å². The Morgan fingerprint density at radius 2 is 1.69 bits per heavy atom. The van der Waals surface area contributed by atoms with Crippen molar-refractivity contribution >= 4 is 6.29 Å². The van der Waals surface area contributed by atoms with Crippen LogP contribution in [-0.4, -0.2) is 26.0 Å². The van der Waals surface area contributed by atoms with E-state index in [0.717, 1.165) is 25.1 Å². The lowest BCUT2D eigenvalue weighted by molar-refractivity contribution is 0.112. The van der Waals surface area contributed by atoms with Gasteiger partial charge in [0, 0.05) is 5.56 Å². The van der Waals surface area contributed by atoms with E-state index in [1.54, 1.807) is 24.3 Å². The van der Waals surface area contributed by atoms with Crippen LogP contribution in [0.5, 0.6) is 5.75 Å². The molecule has 0 unspecified atom stereocenters. The van der Waals surface area contributed by atoms with Crippen molar-refractivity contribution in [2.75, 3.05) is 19.7 Å². The van der Waals surface area contributed by atoms with E-state index in [1.165, 1.54) is 0 Å². The molecule has 0 aliphatic heterocycles. The summed E-state index contributed by atoms with van der Waals surface area (Å²) in [7, 11) is 0. The summed E-state index contributed by atoms with van der Waals surface area (Å²) in [5, 5.41) is 3.11. The summed E-state index contributed by atoms with van der Waals surface area (Å²) in [4.78, 5) is 10.2. The Labute approximate surface area is 97.8 Å². The van der Waals surface area contributed by atoms with Gasteiger partial charge in [0.05, 0.1) is 6.61 Å². The minimum atomic E-state index is 0.653. The lowest BCUT2D eigenvalue weighted by atomic mass is 10.2. The molecule has 16 heavy (non-hydrogen) atoms. The number of benzene rings is 1. The maximum Gasteiger partial charge on any atom is 0.150 e. The van der Waals surface area contributed by atoms with Gasteiger partial charge in [-0.1, -0.05) is 13.8 Å². The van der Waals surface area contributed by atoms with Gasteiger partial charge in [-0.05, 0) is 44.3 Å². The number of hydrogen-bond donors (Lipinski definition) is 1. The molecule has 0 amide bonds. The molecule has 0 saturated carbocycles. The molecule has 0 bridgehead atoms. The molecule has 3 nitrogen and oxygen atoms in total. The minimum Gasteiger partial charge on any atom is -0.494 e. The maximum absolute atomic E-state index is 10.2. The van der Waals surface area contributed by atoms with E-state index in [0.29, 0.717) is 12.2 Å². The highest BCUT2D eigenvalue weighted by Crippen LogP contribution is 2.10. The lowest BCUT2D eigenvalue weighted by Gasteiger charge is -2.00. The van der Waals surface area contributed by atoms with E-state index >= 15 is 0 Å². The van der Waals surface area contributed by atoms with Crippen LogP contribution in [0.2, 0.25) is 0 Å². The van der Waals surface area contributed by atoms with Crippen LogP contribution >= 0.6 is 0 Å². The van der Waals surface area contributed by atoms with Gasteiger partial charge in [-0.2, -0.15) is 0 Å². The monoisotopic (exact) mass is 223 g/mol. The Morgan fingerprint density at radius 3 is 2.00 bits per heavy atom. The summed E-state index contributed by atoms with van der Waals surface area (Å²) < 4.78 is 5.19. The lowest BCUT2D eigenvalue weighted by Crippen LogP contribution is -2.09. The predicted molar refractivity (Wildman–Crippen MR) is 67.2 cm³/mol. The highest BCUT2D eigenvalue weighted by Gasteiger charge is 1.91. The first-order valence-electron chi connectivity index (χ1n) is 5.67. The SMILES string of the molecule is CCNCC.CCOc1ccc(C=O)cc1. The number of nitrogens with one attached hydrogen (secondary N) is 1. The zero-order chi connectivity index (χ0) is 12.2. The van der Waals surface area contributed by atoms with Gasteiger partial charge in [-0.25, -0.2) is 0 Å². The number of aldehydes is 1. The largest absolute Gasteiger partial charge is 0.494 e. The molecule has 0 aliphatic rings. The molecule has 1 aromatic carbocycles. The molecule has 0 aliphatic carbocycles. The number of hydrogen-bond acceptors (Lipinski definition) is 3. The topological polar surface area (TPSA) is 38.3 Å². The molecule has 0 aromatic heterocycles. The van der Waals surface area contributed by atoms with Gasteiger partial charge >= 0.3 is 0 Å². The first-order valence-corrected chi connectivity index (χ1v) is 5.67. The maximum atomic E-state index is 10.2. The fourth-order valence-electron chi connectivity index (χ4n) is 1.06. The molecule has 3 heteroatoms. The van der Waals surface area contributed by atoms with Gasteiger partial charge in [0.2, 0.25) is 0 Å². The molecule has 90 valence electrons. The van der Waals surface area contributed by atoms with E-state index in [1.807, 2.05) is 6.92 Å². The molecule has 1 rings (SSSR count). The van der Waals surface area contributed by atoms with E-state index in [9.17, 15) is 4.79 Å². The van der Waals surface area contributed by atoms with Crippen molar-refractivity contribution in [2.24, 2.45) is 0 Å². The highest BCUT2D eigenvalue weighted by atomic mass is 16.5. The zero-order valence-corrected chi connectivity index (χ0v) is 10.3. The molecule has 0 radical (unpaired) electrons. The fourth-order valence-corrected chi connectivity index (χ4v) is 1.06. The molecule has 0 fully saturated rings. The summed E-state index contributed by atoms with van der Waals surface area (Å²) in [6, 6.07) is 7.04. The molecule has 1 N–H and O–H groups in total. The number of carbonyl (C=O) groups is 1. The molecular weight excluding hydrogens is 202 g/mol. The molecular formula is C13H21NO2. The van der Waals surface area contributed by atoms with Gasteiger partial charge in [-0.15, -0.1) is 0 Å². The van der Waals surface area contributed by atoms with Gasteiger partial charge in [0.15, 0.2) is 0 Å². The summed E-state index contributed by atoms with van der Waals surface area (Å²) >= 11 is 0. The standard InChI is InChI=1S/C9H10O2.C4H11N/c1-2-11-9-5-3-8(7-10)4-6-9;1-3-5-4-2/h3-7H,2H2,1H3;5H,3-4H2,1-2H3. The van der Waals surface area contributed by atoms with Crippen LogP contribution in [0.3, 0.4) is 0 Å². The minimum absolute atomic E-state index is 0.653. The quantitative estimate of drug-likeness (QED) is 0.779. The third-order valence-corrected chi connectivity index (χ3v) is 1.83. The summed E-state index contributed by atoms with van der Waals surface area (Å²) in [6.07, 6.45) is 0.815. The number of ether oxygens (including phenoxy) is 1. The summed E-state index contributed by atoms with van der Waals surface area (Å²) in [5.74, 6) is 0.804. The first-order chi connectivity index (χ1) is 7.78. The molecule has 0 saturated heterocycles. The molecule has 0 atom stereocenters. The Morgan fingerprint density at radius 1 is 1.12 bits per heavy atom. The third-order valence-electron chi connectivity index (χ3n) is 1.83. The van der Waals surface area contributed by atoms with Crippen molar-refractivity contribution in [3.63, 3.8) is 0 Å². The Bertz CT molecular complexity index is 268. The average Bonchev–Trinajstić information content (AvgIpc) is 2.32. The normalized spacial score (nSPS) is 8.94. The van der Waals surface area contributed by atoms with E-state index in [-0.39, 0.29) is 0 Å². The Hall–Kier alpha value is -1.35. The molecule has 0 spiro atoms. The van der Waals surface area contributed by atoms with Crippen LogP contribution in [0.1, 0.15) is 31.1 Å². The van der Waals surface area contributed by atoms with Crippen molar-refractivity contribution in [2.45, 2.75) is 20.8 Å². The van der Waals surface area contributed by atoms with E-state index < -0.39 is 0 Å². The second kappa shape index (κ2) is 10.2. The van der Waals surface area contributed by atoms with Crippen LogP contribution in [0.25, 0.3) is 0 Å². The van der Waals surface area contributed by atoms with Crippen LogP contribution in [0, 0.1) is 0 Å². The number of rotatable bonds is 5. The Kier molecular flexibility index (Phi) is 9.32. The van der Waals surface area contributed by atoms with Crippen LogP contribution in [-0.2, 0) is 0 Å². The van der Waals surface area contributed by atoms with Crippen molar-refractivity contribution in [3.05, 3.63) is 29.8 Å². The van der Waals surface area contributed by atoms with Crippen molar-refractivity contribution in [3.8, 4) is 5.75 Å². The number of carbonyl (C=O) groups excluding carboxylic acids is 1. The van der Waals surface area contributed by atoms with Crippen LogP contribution < -0.4 is 10.1 Å². The fraction of sp³-hybridized carbons (Fsp3) is 0.462. The smallest absolute Gasteiger partial charge is 0.150 e. The predicted octanol–water partition coefficient (Wildman–Crippen LogP) is 2.51. The van der Waals surface area contributed by atoms with Crippen molar-refractivity contribution in [1.29, 1.82) is 0 Å². The second-order valence-corrected chi connectivity index (χ2v) is 3.08. The first kappa shape index (κ1) is 14.6. The summed E-state index contributed by atoms with van der Waals surface area (Å²) in [5.41, 5.74) is 0.674.